The second kappa shape index (κ2) is 4.57. The summed E-state index contributed by atoms with van der Waals surface area (Å²) in [6, 6.07) is 10.5. The monoisotopic (exact) mass is 232 g/mol. The molecule has 0 nitrogen and oxygen atoms in total. The Morgan fingerprint density at radius 3 is 2.00 bits per heavy atom. The number of rotatable bonds is 1. The smallest absolute Gasteiger partial charge is 0.0204 e. The van der Waals surface area contributed by atoms with Gasteiger partial charge in [0.05, 0.1) is 0 Å². The number of benzene rings is 1. The van der Waals surface area contributed by atoms with E-state index in [2.05, 4.69) is 48.6 Å². The minimum Gasteiger partial charge on any atom is -0.0732 e. The Bertz CT molecular complexity index is 273. The zero-order valence-electron chi connectivity index (χ0n) is 6.77. The molecule has 0 N–H and O–H groups in total. The van der Waals surface area contributed by atoms with Gasteiger partial charge in [-0.25, -0.2) is 0 Å². The van der Waals surface area contributed by atoms with Gasteiger partial charge in [-0.05, 0) is 5.56 Å². The summed E-state index contributed by atoms with van der Waals surface area (Å²) in [5.41, 5.74) is 1.37. The summed E-state index contributed by atoms with van der Waals surface area (Å²) < 4.78 is 0. The molecule has 0 spiro atoms. The average Bonchev–Trinajstić information content (AvgIpc) is 2.58. The zero-order valence-corrected chi connectivity index (χ0v) is 9.23. The minimum atomic E-state index is 0. The molecule has 1 aromatic carbocycles. The van der Waals surface area contributed by atoms with Crippen molar-refractivity contribution >= 4 is 0 Å². The number of hydrogen-bond acceptors (Lipinski definition) is 0. The van der Waals surface area contributed by atoms with Crippen LogP contribution in [-0.4, -0.2) is 0 Å². The quantitative estimate of drug-likeness (QED) is 0.700. The minimum absolute atomic E-state index is 0. The summed E-state index contributed by atoms with van der Waals surface area (Å²) in [6.07, 6.45) is 8.60. The van der Waals surface area contributed by atoms with Crippen LogP contribution in [0.25, 0.3) is 0 Å². The van der Waals surface area contributed by atoms with Crippen LogP contribution >= 0.6 is 0 Å². The first-order valence-corrected chi connectivity index (χ1v) is 3.87. The van der Waals surface area contributed by atoms with E-state index in [1.807, 2.05) is 6.07 Å². The van der Waals surface area contributed by atoms with E-state index in [-0.39, 0.29) is 26.2 Å². The molecule has 0 saturated heterocycles. The summed E-state index contributed by atoms with van der Waals surface area (Å²) in [5.74, 6) is 0.510. The fraction of sp³-hybridized carbons (Fsp3) is 0.0909. The van der Waals surface area contributed by atoms with Crippen LogP contribution in [0.3, 0.4) is 0 Å². The van der Waals surface area contributed by atoms with Crippen LogP contribution in [0.15, 0.2) is 54.6 Å². The molecule has 1 aliphatic carbocycles. The van der Waals surface area contributed by atoms with Gasteiger partial charge in [0.25, 0.3) is 0 Å². The Kier molecular flexibility index (Phi) is 3.68. The van der Waals surface area contributed by atoms with Gasteiger partial charge in [-0.3, -0.25) is 0 Å². The Morgan fingerprint density at radius 1 is 0.833 bits per heavy atom. The molecule has 1 heteroatoms. The van der Waals surface area contributed by atoms with Crippen molar-refractivity contribution in [1.29, 1.82) is 0 Å². The summed E-state index contributed by atoms with van der Waals surface area (Å²) in [4.78, 5) is 0. The maximum absolute atomic E-state index is 2.20. The van der Waals surface area contributed by atoms with Crippen LogP contribution in [0.5, 0.6) is 0 Å². The molecule has 12 heavy (non-hydrogen) atoms. The third-order valence-electron chi connectivity index (χ3n) is 1.93. The molecule has 0 radical (unpaired) electrons. The van der Waals surface area contributed by atoms with Gasteiger partial charge < -0.3 is 0 Å². The molecule has 0 aliphatic heterocycles. The predicted octanol–water partition coefficient (Wildman–Crippen LogP) is 2.89. The van der Waals surface area contributed by atoms with Gasteiger partial charge in [0.15, 0.2) is 0 Å². The largest absolute Gasteiger partial charge is 0.0732 e. The second-order valence-electron chi connectivity index (χ2n) is 2.71. The fourth-order valence-corrected chi connectivity index (χ4v) is 1.33. The molecule has 0 saturated carbocycles. The Balaban J connectivity index is 0.000000720. The van der Waals surface area contributed by atoms with Gasteiger partial charge in [-0.15, -0.1) is 0 Å². The van der Waals surface area contributed by atoms with Crippen molar-refractivity contribution < 1.29 is 26.2 Å². The maximum Gasteiger partial charge on any atom is 0.0204 e. The molecule has 2 rings (SSSR count). The number of hydrogen-bond donors (Lipinski definition) is 0. The predicted molar refractivity (Wildman–Crippen MR) is 47.5 cm³/mol. The molecule has 1 aliphatic rings. The summed E-state index contributed by atoms with van der Waals surface area (Å²) in [6.45, 7) is 0. The van der Waals surface area contributed by atoms with Crippen molar-refractivity contribution in [2.24, 2.45) is 0 Å². The van der Waals surface area contributed by atoms with E-state index in [0.29, 0.717) is 5.92 Å². The molecule has 0 heterocycles. The first kappa shape index (κ1) is 9.67. The molecule has 58 valence electrons. The topological polar surface area (TPSA) is 0 Å². The third kappa shape index (κ3) is 2.04. The first-order valence-electron chi connectivity index (χ1n) is 3.87. The molecule has 0 bridgehead atoms. The molecule has 0 aromatic heterocycles. The van der Waals surface area contributed by atoms with E-state index in [1.165, 1.54) is 5.56 Å². The normalized spacial score (nSPS) is 14.7. The molecule has 0 atom stereocenters. The molecule has 1 aromatic rings. The molecule has 0 unspecified atom stereocenters. The van der Waals surface area contributed by atoms with Crippen molar-refractivity contribution in [3.05, 3.63) is 60.2 Å². The van der Waals surface area contributed by atoms with Crippen molar-refractivity contribution in [3.63, 3.8) is 0 Å². The van der Waals surface area contributed by atoms with E-state index < -0.39 is 0 Å². The van der Waals surface area contributed by atoms with Crippen molar-refractivity contribution in [2.75, 3.05) is 0 Å². The van der Waals surface area contributed by atoms with Crippen molar-refractivity contribution in [1.82, 2.24) is 0 Å². The van der Waals surface area contributed by atoms with Gasteiger partial charge in [0, 0.05) is 32.1 Å². The third-order valence-corrected chi connectivity index (χ3v) is 1.93. The van der Waals surface area contributed by atoms with Crippen LogP contribution in [0.2, 0.25) is 0 Å². The van der Waals surface area contributed by atoms with Gasteiger partial charge in [-0.2, -0.15) is 0 Å². The molecule has 0 amide bonds. The SMILES string of the molecule is C1=CC(c2ccccc2)C=C1.[Zr]. The van der Waals surface area contributed by atoms with E-state index in [0.717, 1.165) is 0 Å². The molecule has 0 fully saturated rings. The Hall–Kier alpha value is -0.417. The van der Waals surface area contributed by atoms with Gasteiger partial charge in [-0.1, -0.05) is 54.6 Å². The number of allylic oxidation sites excluding steroid dienone is 4. The van der Waals surface area contributed by atoms with Gasteiger partial charge in [0.1, 0.15) is 0 Å². The Morgan fingerprint density at radius 2 is 1.42 bits per heavy atom. The maximum atomic E-state index is 2.20. The molecular weight excluding hydrogens is 223 g/mol. The van der Waals surface area contributed by atoms with Crippen LogP contribution in [-0.2, 0) is 26.2 Å². The Labute approximate surface area is 92.1 Å². The van der Waals surface area contributed by atoms with Crippen molar-refractivity contribution in [3.8, 4) is 0 Å². The van der Waals surface area contributed by atoms with Crippen molar-refractivity contribution in [2.45, 2.75) is 5.92 Å². The van der Waals surface area contributed by atoms with E-state index >= 15 is 0 Å². The van der Waals surface area contributed by atoms with E-state index in [4.69, 9.17) is 0 Å². The standard InChI is InChI=1S/C11H10.Zr/c1-2-6-10(7-3-1)11-8-4-5-9-11;/h1-9,11H;. The van der Waals surface area contributed by atoms with Gasteiger partial charge in [0.2, 0.25) is 0 Å². The van der Waals surface area contributed by atoms with E-state index in [1.54, 1.807) is 0 Å². The summed E-state index contributed by atoms with van der Waals surface area (Å²) in [7, 11) is 0. The summed E-state index contributed by atoms with van der Waals surface area (Å²) >= 11 is 0. The zero-order chi connectivity index (χ0) is 7.52. The van der Waals surface area contributed by atoms with Crippen LogP contribution in [0, 0.1) is 0 Å². The van der Waals surface area contributed by atoms with Crippen LogP contribution in [0.4, 0.5) is 0 Å². The molecular formula is C11H10Zr. The fourth-order valence-electron chi connectivity index (χ4n) is 1.33. The van der Waals surface area contributed by atoms with Crippen LogP contribution in [0.1, 0.15) is 11.5 Å². The van der Waals surface area contributed by atoms with Crippen LogP contribution < -0.4 is 0 Å². The average molecular weight is 233 g/mol. The first-order chi connectivity index (χ1) is 5.47. The summed E-state index contributed by atoms with van der Waals surface area (Å²) in [5, 5.41) is 0. The van der Waals surface area contributed by atoms with E-state index in [9.17, 15) is 0 Å². The van der Waals surface area contributed by atoms with Gasteiger partial charge >= 0.3 is 0 Å². The second-order valence-corrected chi connectivity index (χ2v) is 2.71.